The Morgan fingerprint density at radius 3 is 2.67 bits per heavy atom. The van der Waals surface area contributed by atoms with Gasteiger partial charge < -0.3 is 9.47 Å². The second-order valence-electron chi connectivity index (χ2n) is 5.12. The van der Waals surface area contributed by atoms with Gasteiger partial charge in [-0.15, -0.1) is 0 Å². The molecule has 1 aliphatic rings. The highest BCUT2D eigenvalue weighted by Crippen LogP contribution is 2.33. The van der Waals surface area contributed by atoms with Gasteiger partial charge in [0.25, 0.3) is 6.29 Å². The average Bonchev–Trinajstić information content (AvgIpc) is 2.54. The van der Waals surface area contributed by atoms with E-state index >= 15 is 0 Å². The molecule has 0 unspecified atom stereocenters. The number of ether oxygens (including phenoxy) is 2. The first-order chi connectivity index (χ1) is 8.29. The van der Waals surface area contributed by atoms with E-state index in [2.05, 4.69) is 0 Å². The number of hydrogen-bond acceptors (Lipinski definition) is 4. The zero-order chi connectivity index (χ0) is 13.5. The highest BCUT2D eigenvalue weighted by Gasteiger charge is 2.36. The van der Waals surface area contributed by atoms with Crippen LogP contribution in [-0.4, -0.2) is 11.9 Å². The molecule has 0 aliphatic carbocycles. The van der Waals surface area contributed by atoms with Crippen LogP contribution in [0.4, 0.5) is 4.39 Å². The maximum atomic E-state index is 13.0. The Morgan fingerprint density at radius 1 is 1.39 bits per heavy atom. The third kappa shape index (κ3) is 2.20. The molecule has 5 heteroatoms. The van der Waals surface area contributed by atoms with Crippen LogP contribution in [-0.2, 0) is 14.3 Å². The number of esters is 2. The standard InChI is InChI=1S/C13H13FO4/c1-13(2,3)12(16)18-11-8-5-4-7(14)6-9(8)10(15)17-11/h4-6,11H,1-3H3/t11-/m1/s1. The van der Waals surface area contributed by atoms with Gasteiger partial charge in [0.15, 0.2) is 0 Å². The largest absolute Gasteiger partial charge is 0.420 e. The van der Waals surface area contributed by atoms with Crippen molar-refractivity contribution in [2.24, 2.45) is 5.41 Å². The first kappa shape index (κ1) is 12.5. The zero-order valence-electron chi connectivity index (χ0n) is 10.3. The maximum Gasteiger partial charge on any atom is 0.342 e. The average molecular weight is 252 g/mol. The number of carbonyl (C=O) groups is 2. The molecule has 1 aliphatic heterocycles. The van der Waals surface area contributed by atoms with Gasteiger partial charge in [0.2, 0.25) is 0 Å². The van der Waals surface area contributed by atoms with Gasteiger partial charge in [-0.1, -0.05) is 0 Å². The lowest BCUT2D eigenvalue weighted by Gasteiger charge is -2.19. The third-order valence-corrected chi connectivity index (χ3v) is 2.53. The summed E-state index contributed by atoms with van der Waals surface area (Å²) in [6, 6.07) is 3.65. The van der Waals surface area contributed by atoms with Crippen LogP contribution < -0.4 is 0 Å². The van der Waals surface area contributed by atoms with E-state index < -0.39 is 29.5 Å². The van der Waals surface area contributed by atoms with Crippen molar-refractivity contribution in [1.82, 2.24) is 0 Å². The molecule has 1 heterocycles. The number of halogens is 1. The van der Waals surface area contributed by atoms with E-state index in [0.29, 0.717) is 5.56 Å². The SMILES string of the molecule is CC(C)(C)C(=O)O[C@H]1OC(=O)c2cc(F)ccc21. The molecule has 18 heavy (non-hydrogen) atoms. The van der Waals surface area contributed by atoms with Gasteiger partial charge in [-0.3, -0.25) is 4.79 Å². The molecule has 0 saturated heterocycles. The number of carbonyl (C=O) groups excluding carboxylic acids is 2. The van der Waals surface area contributed by atoms with Crippen molar-refractivity contribution in [2.75, 3.05) is 0 Å². The van der Waals surface area contributed by atoms with Crippen LogP contribution in [0.15, 0.2) is 18.2 Å². The van der Waals surface area contributed by atoms with Crippen LogP contribution in [0.25, 0.3) is 0 Å². The minimum Gasteiger partial charge on any atom is -0.420 e. The minimum absolute atomic E-state index is 0.0988. The van der Waals surface area contributed by atoms with E-state index in [4.69, 9.17) is 9.47 Å². The van der Waals surface area contributed by atoms with Crippen LogP contribution in [0.5, 0.6) is 0 Å². The maximum absolute atomic E-state index is 13.0. The number of rotatable bonds is 1. The summed E-state index contributed by atoms with van der Waals surface area (Å²) in [6.07, 6.45) is -1.08. The smallest absolute Gasteiger partial charge is 0.342 e. The fourth-order valence-corrected chi connectivity index (χ4v) is 1.50. The molecule has 1 aromatic carbocycles. The van der Waals surface area contributed by atoms with Gasteiger partial charge in [0, 0.05) is 5.56 Å². The van der Waals surface area contributed by atoms with Crippen LogP contribution >= 0.6 is 0 Å². The van der Waals surface area contributed by atoms with Crippen molar-refractivity contribution in [3.63, 3.8) is 0 Å². The summed E-state index contributed by atoms with van der Waals surface area (Å²) in [7, 11) is 0. The topological polar surface area (TPSA) is 52.6 Å². The Kier molecular flexibility index (Phi) is 2.84. The van der Waals surface area contributed by atoms with Gasteiger partial charge >= 0.3 is 11.9 Å². The summed E-state index contributed by atoms with van der Waals surface area (Å²) in [5.41, 5.74) is -0.226. The first-order valence-corrected chi connectivity index (χ1v) is 5.50. The lowest BCUT2D eigenvalue weighted by molar-refractivity contribution is -0.177. The molecular weight excluding hydrogens is 239 g/mol. The Morgan fingerprint density at radius 2 is 2.06 bits per heavy atom. The molecule has 0 fully saturated rings. The summed E-state index contributed by atoms with van der Waals surface area (Å²) < 4.78 is 23.0. The third-order valence-electron chi connectivity index (χ3n) is 2.53. The summed E-state index contributed by atoms with van der Waals surface area (Å²) in [6.45, 7) is 5.08. The fraction of sp³-hybridized carbons (Fsp3) is 0.385. The molecule has 1 aromatic rings. The monoisotopic (exact) mass is 252 g/mol. The minimum atomic E-state index is -1.08. The Hall–Kier alpha value is -1.91. The molecule has 0 bridgehead atoms. The Bertz CT molecular complexity index is 516. The van der Waals surface area contributed by atoms with Crippen molar-refractivity contribution in [2.45, 2.75) is 27.1 Å². The first-order valence-electron chi connectivity index (χ1n) is 5.50. The molecule has 4 nitrogen and oxygen atoms in total. The zero-order valence-corrected chi connectivity index (χ0v) is 10.3. The lowest BCUT2D eigenvalue weighted by atomic mass is 9.97. The van der Waals surface area contributed by atoms with E-state index in [1.165, 1.54) is 12.1 Å². The number of fused-ring (bicyclic) bond motifs is 1. The van der Waals surface area contributed by atoms with Crippen LogP contribution in [0.1, 0.15) is 43.0 Å². The molecule has 0 amide bonds. The molecule has 0 saturated carbocycles. The normalized spacial score (nSPS) is 18.2. The van der Waals surface area contributed by atoms with Gasteiger partial charge in [-0.05, 0) is 39.0 Å². The van der Waals surface area contributed by atoms with Crippen molar-refractivity contribution in [3.8, 4) is 0 Å². The number of benzene rings is 1. The van der Waals surface area contributed by atoms with Crippen LogP contribution in [0.2, 0.25) is 0 Å². The molecule has 0 N–H and O–H groups in total. The van der Waals surface area contributed by atoms with Gasteiger partial charge in [-0.2, -0.15) is 0 Å². The fourth-order valence-electron chi connectivity index (χ4n) is 1.50. The summed E-state index contributed by atoms with van der Waals surface area (Å²) >= 11 is 0. The molecular formula is C13H13FO4. The summed E-state index contributed by atoms with van der Waals surface area (Å²) in [5, 5.41) is 0. The van der Waals surface area contributed by atoms with Crippen LogP contribution in [0, 0.1) is 11.2 Å². The quantitative estimate of drug-likeness (QED) is 0.721. The highest BCUT2D eigenvalue weighted by molar-refractivity contribution is 5.94. The van der Waals surface area contributed by atoms with Crippen molar-refractivity contribution in [3.05, 3.63) is 35.1 Å². The molecule has 96 valence electrons. The predicted molar refractivity (Wildman–Crippen MR) is 60.1 cm³/mol. The van der Waals surface area contributed by atoms with Crippen molar-refractivity contribution < 1.29 is 23.5 Å². The van der Waals surface area contributed by atoms with E-state index in [-0.39, 0.29) is 5.56 Å². The molecule has 0 aromatic heterocycles. The highest BCUT2D eigenvalue weighted by atomic mass is 19.1. The van der Waals surface area contributed by atoms with Crippen molar-refractivity contribution in [1.29, 1.82) is 0 Å². The van der Waals surface area contributed by atoms with E-state index in [0.717, 1.165) is 6.07 Å². The Balaban J connectivity index is 2.25. The van der Waals surface area contributed by atoms with E-state index in [9.17, 15) is 14.0 Å². The molecule has 0 radical (unpaired) electrons. The lowest BCUT2D eigenvalue weighted by Crippen LogP contribution is -2.25. The summed E-state index contributed by atoms with van der Waals surface area (Å²) in [4.78, 5) is 23.2. The van der Waals surface area contributed by atoms with Gasteiger partial charge in [0.05, 0.1) is 11.0 Å². The molecule has 2 rings (SSSR count). The van der Waals surface area contributed by atoms with Crippen LogP contribution in [0.3, 0.4) is 0 Å². The van der Waals surface area contributed by atoms with Gasteiger partial charge in [-0.25, -0.2) is 9.18 Å². The second kappa shape index (κ2) is 4.08. The molecule has 0 spiro atoms. The second-order valence-corrected chi connectivity index (χ2v) is 5.12. The number of cyclic esters (lactones) is 1. The van der Waals surface area contributed by atoms with E-state index in [1.54, 1.807) is 20.8 Å². The number of hydrogen-bond donors (Lipinski definition) is 0. The molecule has 1 atom stereocenters. The van der Waals surface area contributed by atoms with E-state index in [1.807, 2.05) is 0 Å². The van der Waals surface area contributed by atoms with Crippen molar-refractivity contribution >= 4 is 11.9 Å². The Labute approximate surface area is 104 Å². The van der Waals surface area contributed by atoms with Gasteiger partial charge in [0.1, 0.15) is 5.82 Å². The summed E-state index contributed by atoms with van der Waals surface area (Å²) in [5.74, 6) is -1.71. The predicted octanol–water partition coefficient (Wildman–Crippen LogP) is 2.58.